The molecule has 3 aliphatic rings. The third kappa shape index (κ3) is 5.37. The zero-order chi connectivity index (χ0) is 28.4. The Kier molecular flexibility index (Phi) is 8.00. The number of allylic oxidation sites excluding steroid dienone is 2. The van der Waals surface area contributed by atoms with Crippen molar-refractivity contribution in [2.24, 2.45) is 17.8 Å². The van der Waals surface area contributed by atoms with E-state index in [1.807, 2.05) is 12.1 Å². The fourth-order valence-electron chi connectivity index (χ4n) is 6.47. The van der Waals surface area contributed by atoms with Crippen LogP contribution in [-0.2, 0) is 16.0 Å². The first-order chi connectivity index (χ1) is 19.3. The van der Waals surface area contributed by atoms with E-state index in [4.69, 9.17) is 14.2 Å². The van der Waals surface area contributed by atoms with Gasteiger partial charge in [0.25, 0.3) is 0 Å². The van der Waals surface area contributed by atoms with Crippen LogP contribution < -0.4 is 35.6 Å². The molecule has 9 nitrogen and oxygen atoms in total. The fraction of sp³-hybridized carbons (Fsp3) is 0.452. The van der Waals surface area contributed by atoms with E-state index in [9.17, 15) is 14.4 Å². The molecule has 0 heterocycles. The number of benzene rings is 1. The molecule has 2 bridgehead atoms. The largest absolute Gasteiger partial charge is 0.493 e. The highest BCUT2D eigenvalue weighted by molar-refractivity contribution is 5.84. The first kappa shape index (κ1) is 27.6. The lowest BCUT2D eigenvalue weighted by Gasteiger charge is -2.19. The number of carbonyl (C=O) groups is 2. The van der Waals surface area contributed by atoms with Gasteiger partial charge in [0.05, 0.1) is 39.6 Å². The number of anilines is 1. The molecule has 5 rings (SSSR count). The second-order valence-corrected chi connectivity index (χ2v) is 10.8. The van der Waals surface area contributed by atoms with E-state index in [2.05, 4.69) is 28.1 Å². The Hall–Kier alpha value is -4.01. The third-order valence-electron chi connectivity index (χ3n) is 8.33. The Morgan fingerprint density at radius 2 is 1.80 bits per heavy atom. The van der Waals surface area contributed by atoms with Gasteiger partial charge in [-0.2, -0.15) is 0 Å². The number of hydrogen-bond acceptors (Lipinski definition) is 7. The van der Waals surface area contributed by atoms with Crippen LogP contribution in [-0.4, -0.2) is 46.2 Å². The Morgan fingerprint density at radius 3 is 2.45 bits per heavy atom. The maximum absolute atomic E-state index is 13.4. The van der Waals surface area contributed by atoms with Gasteiger partial charge in [0.15, 0.2) is 11.5 Å². The van der Waals surface area contributed by atoms with Crippen molar-refractivity contribution in [2.45, 2.75) is 38.6 Å². The smallest absolute Gasteiger partial charge is 0.239 e. The van der Waals surface area contributed by atoms with Gasteiger partial charge in [0.1, 0.15) is 0 Å². The summed E-state index contributed by atoms with van der Waals surface area (Å²) in [4.78, 5) is 38.2. The van der Waals surface area contributed by atoms with Crippen molar-refractivity contribution in [1.82, 2.24) is 10.6 Å². The van der Waals surface area contributed by atoms with E-state index in [0.717, 1.165) is 23.1 Å². The highest BCUT2D eigenvalue weighted by atomic mass is 16.5. The lowest BCUT2D eigenvalue weighted by Crippen LogP contribution is -2.35. The van der Waals surface area contributed by atoms with Crippen LogP contribution in [0.2, 0.25) is 0 Å². The summed E-state index contributed by atoms with van der Waals surface area (Å²) in [6.07, 6.45) is 8.06. The number of rotatable bonds is 9. The monoisotopic (exact) mass is 547 g/mol. The average molecular weight is 548 g/mol. The summed E-state index contributed by atoms with van der Waals surface area (Å²) in [5.41, 5.74) is 3.17. The van der Waals surface area contributed by atoms with Crippen molar-refractivity contribution < 1.29 is 23.8 Å². The van der Waals surface area contributed by atoms with Crippen LogP contribution in [0.25, 0.3) is 11.1 Å². The molecule has 0 radical (unpaired) electrons. The van der Waals surface area contributed by atoms with Gasteiger partial charge in [0.2, 0.25) is 23.0 Å². The minimum atomic E-state index is -0.395. The highest BCUT2D eigenvalue weighted by Crippen LogP contribution is 2.50. The summed E-state index contributed by atoms with van der Waals surface area (Å²) in [6.45, 7) is 2.10. The van der Waals surface area contributed by atoms with Gasteiger partial charge in [-0.25, -0.2) is 0 Å². The van der Waals surface area contributed by atoms with Crippen LogP contribution in [0.5, 0.6) is 17.2 Å². The molecule has 0 spiro atoms. The summed E-state index contributed by atoms with van der Waals surface area (Å²) in [7, 11) is 4.68. The van der Waals surface area contributed by atoms with Gasteiger partial charge in [-0.15, -0.1) is 0 Å². The van der Waals surface area contributed by atoms with Gasteiger partial charge >= 0.3 is 0 Å². The van der Waals surface area contributed by atoms with Gasteiger partial charge < -0.3 is 30.2 Å². The summed E-state index contributed by atoms with van der Waals surface area (Å²) in [5.74, 6) is 2.83. The molecule has 4 atom stereocenters. The van der Waals surface area contributed by atoms with Gasteiger partial charge in [0, 0.05) is 19.0 Å². The number of carbonyl (C=O) groups excluding carboxylic acids is 2. The standard InChI is InChI=1S/C31H37N3O6/c1-17(35)34-24-9-7-20-13-27(38-2)30(39-3)31(40-4)29(20)22-8-10-25(26(36)14-23(22)24)32-16-28(37)33-15-21-12-18-5-6-19(21)11-18/h5-6,8,10,13-14,18-19,21,24H,7,9,11-12,15-16H2,1-4H3,(H,32,36)(H,33,37)(H,34,35). The van der Waals surface area contributed by atoms with E-state index >= 15 is 0 Å². The molecular weight excluding hydrogens is 510 g/mol. The SMILES string of the molecule is COc1cc2c(c(OC)c1OC)-c1ccc(NCC(=O)NCC3CC4C=CC3C4)c(=O)cc1C(NC(C)=O)CC2. The van der Waals surface area contributed by atoms with Crippen LogP contribution in [0, 0.1) is 17.8 Å². The van der Waals surface area contributed by atoms with E-state index in [1.165, 1.54) is 13.3 Å². The number of hydrogen-bond donors (Lipinski definition) is 3. The molecule has 2 aromatic rings. The van der Waals surface area contributed by atoms with Crippen LogP contribution >= 0.6 is 0 Å². The molecule has 0 saturated heterocycles. The number of fused-ring (bicyclic) bond motifs is 5. The number of nitrogens with one attached hydrogen (secondary N) is 3. The molecule has 212 valence electrons. The minimum Gasteiger partial charge on any atom is -0.493 e. The Morgan fingerprint density at radius 1 is 1.00 bits per heavy atom. The Labute approximate surface area is 234 Å². The summed E-state index contributed by atoms with van der Waals surface area (Å²) < 4.78 is 17.0. The van der Waals surface area contributed by atoms with Gasteiger partial charge in [-0.3, -0.25) is 14.4 Å². The van der Waals surface area contributed by atoms with Crippen LogP contribution in [0.4, 0.5) is 5.69 Å². The van der Waals surface area contributed by atoms with Crippen molar-refractivity contribution in [3.63, 3.8) is 0 Å². The van der Waals surface area contributed by atoms with E-state index in [0.29, 0.717) is 65.6 Å². The minimum absolute atomic E-state index is 0.0133. The fourth-order valence-corrected chi connectivity index (χ4v) is 6.47. The maximum atomic E-state index is 13.4. The maximum Gasteiger partial charge on any atom is 0.239 e. The van der Waals surface area contributed by atoms with Crippen LogP contribution in [0.15, 0.2) is 41.2 Å². The molecule has 1 saturated carbocycles. The third-order valence-corrected chi connectivity index (χ3v) is 8.33. The number of aryl methyl sites for hydroxylation is 1. The quantitative estimate of drug-likeness (QED) is 0.411. The number of ether oxygens (including phenoxy) is 3. The molecule has 4 unspecified atom stereocenters. The van der Waals surface area contributed by atoms with E-state index < -0.39 is 6.04 Å². The van der Waals surface area contributed by atoms with Crippen molar-refractivity contribution in [3.05, 3.63) is 57.8 Å². The average Bonchev–Trinajstić information content (AvgIpc) is 3.49. The number of amides is 2. The highest BCUT2D eigenvalue weighted by Gasteiger charge is 2.35. The van der Waals surface area contributed by atoms with Gasteiger partial charge in [-0.05, 0) is 78.3 Å². The van der Waals surface area contributed by atoms with E-state index in [-0.39, 0.29) is 23.8 Å². The van der Waals surface area contributed by atoms with Crippen molar-refractivity contribution in [1.29, 1.82) is 0 Å². The predicted molar refractivity (Wildman–Crippen MR) is 153 cm³/mol. The van der Waals surface area contributed by atoms with E-state index in [1.54, 1.807) is 33.5 Å². The van der Waals surface area contributed by atoms with Crippen LogP contribution in [0.3, 0.4) is 0 Å². The molecule has 2 aromatic carbocycles. The second-order valence-electron chi connectivity index (χ2n) is 10.8. The lowest BCUT2D eigenvalue weighted by atomic mass is 9.94. The Balaban J connectivity index is 1.46. The predicted octanol–water partition coefficient (Wildman–Crippen LogP) is 3.60. The first-order valence-corrected chi connectivity index (χ1v) is 13.8. The molecule has 3 aliphatic carbocycles. The first-order valence-electron chi connectivity index (χ1n) is 13.8. The van der Waals surface area contributed by atoms with Crippen LogP contribution in [0.1, 0.15) is 43.4 Å². The molecule has 2 amide bonds. The summed E-state index contributed by atoms with van der Waals surface area (Å²) in [6, 6.07) is 6.59. The lowest BCUT2D eigenvalue weighted by molar-refractivity contribution is -0.120. The summed E-state index contributed by atoms with van der Waals surface area (Å²) >= 11 is 0. The van der Waals surface area contributed by atoms with Gasteiger partial charge in [-0.1, -0.05) is 18.2 Å². The topological polar surface area (TPSA) is 115 Å². The van der Waals surface area contributed by atoms with Crippen molar-refractivity contribution >= 4 is 17.5 Å². The van der Waals surface area contributed by atoms with Crippen molar-refractivity contribution in [3.8, 4) is 28.4 Å². The Bertz CT molecular complexity index is 1400. The zero-order valence-corrected chi connectivity index (χ0v) is 23.5. The number of methoxy groups -OCH3 is 3. The summed E-state index contributed by atoms with van der Waals surface area (Å²) in [5, 5.41) is 9.05. The molecule has 40 heavy (non-hydrogen) atoms. The molecule has 0 aliphatic heterocycles. The normalized spacial score (nSPS) is 22.0. The second kappa shape index (κ2) is 11.6. The molecular formula is C31H37N3O6. The molecule has 1 fully saturated rings. The van der Waals surface area contributed by atoms with Crippen molar-refractivity contribution in [2.75, 3.05) is 39.7 Å². The molecule has 0 aromatic heterocycles. The molecule has 3 N–H and O–H groups in total. The molecule has 9 heteroatoms. The zero-order valence-electron chi connectivity index (χ0n) is 23.5.